The van der Waals surface area contributed by atoms with E-state index in [1.807, 2.05) is 6.92 Å². The van der Waals surface area contributed by atoms with E-state index in [-0.39, 0.29) is 36.4 Å². The molecule has 0 fully saturated rings. The number of halogens is 1. The van der Waals surface area contributed by atoms with E-state index in [2.05, 4.69) is 36.0 Å². The van der Waals surface area contributed by atoms with E-state index >= 15 is 0 Å². The highest BCUT2D eigenvalue weighted by atomic mass is 19.1. The summed E-state index contributed by atoms with van der Waals surface area (Å²) in [6, 6.07) is 6.48. The number of hydrogen-bond donors (Lipinski definition) is 2. The maximum absolute atomic E-state index is 13.5. The summed E-state index contributed by atoms with van der Waals surface area (Å²) in [6.07, 6.45) is 1.79. The zero-order valence-corrected chi connectivity index (χ0v) is 22.0. The second-order valence-electron chi connectivity index (χ2n) is 9.92. The van der Waals surface area contributed by atoms with Gasteiger partial charge in [0.25, 0.3) is 5.91 Å². The Kier molecular flexibility index (Phi) is 9.48. The van der Waals surface area contributed by atoms with Crippen LogP contribution in [0.15, 0.2) is 36.5 Å². The molecule has 2 aromatic rings. The summed E-state index contributed by atoms with van der Waals surface area (Å²) in [7, 11) is 1.62. The lowest BCUT2D eigenvalue weighted by Crippen LogP contribution is -2.50. The number of aliphatic hydroxyl groups excluding tert-OH is 1. The first-order valence-corrected chi connectivity index (χ1v) is 12.4. The summed E-state index contributed by atoms with van der Waals surface area (Å²) in [6.45, 7) is 8.16. The molecule has 0 bridgehead atoms. The van der Waals surface area contributed by atoms with Crippen LogP contribution in [0.1, 0.15) is 50.0 Å². The molecule has 3 amide bonds. The van der Waals surface area contributed by atoms with Gasteiger partial charge in [0.05, 0.1) is 19.2 Å². The zero-order valence-electron chi connectivity index (χ0n) is 22.0. The summed E-state index contributed by atoms with van der Waals surface area (Å²) in [4.78, 5) is 33.7. The fourth-order valence-electron chi connectivity index (χ4n) is 3.88. The highest BCUT2D eigenvalue weighted by Crippen LogP contribution is 2.27. The highest BCUT2D eigenvalue weighted by molar-refractivity contribution is 5.97. The van der Waals surface area contributed by atoms with Crippen LogP contribution in [0.2, 0.25) is 0 Å². The molecular formula is C28H35FN4O4. The average Bonchev–Trinajstić information content (AvgIpc) is 2.85. The Hall–Kier alpha value is -3.64. The number of urea groups is 1. The van der Waals surface area contributed by atoms with Crippen molar-refractivity contribution in [2.45, 2.75) is 46.3 Å². The Morgan fingerprint density at radius 2 is 2.11 bits per heavy atom. The zero-order chi connectivity index (χ0) is 27.1. The molecular weight excluding hydrogens is 475 g/mol. The van der Waals surface area contributed by atoms with Gasteiger partial charge in [-0.25, -0.2) is 14.2 Å². The Morgan fingerprint density at radius 3 is 2.78 bits per heavy atom. The molecule has 1 aliphatic heterocycles. The maximum Gasteiger partial charge on any atom is 0.321 e. The number of carbonyl (C=O) groups is 2. The number of hydrogen-bond acceptors (Lipinski definition) is 5. The standard InChI is InChI=1S/C28H35FN4O4/c1-18(2)8-6-9-21-12-24-26(30-14-21)37-25(19(3)15-33(27(24)35)20(4)17-34)16-32(5)28(36)31-23-11-7-10-22(29)13-23/h7,10-14,18-20,25,34H,8,15-17H2,1-5H3,(H,31,36)/t19-,20-,25-/m0/s1. The second-order valence-corrected chi connectivity index (χ2v) is 9.92. The van der Waals surface area contributed by atoms with E-state index in [1.165, 1.54) is 23.1 Å². The van der Waals surface area contributed by atoms with Gasteiger partial charge in [0, 0.05) is 43.4 Å². The molecule has 1 aromatic carbocycles. The summed E-state index contributed by atoms with van der Waals surface area (Å²) >= 11 is 0. The number of amides is 3. The van der Waals surface area contributed by atoms with Crippen LogP contribution >= 0.6 is 0 Å². The lowest BCUT2D eigenvalue weighted by Gasteiger charge is -2.37. The minimum atomic E-state index is -0.506. The van der Waals surface area contributed by atoms with Crippen LogP contribution in [-0.2, 0) is 0 Å². The first kappa shape index (κ1) is 27.9. The molecule has 1 aliphatic rings. The van der Waals surface area contributed by atoms with Gasteiger partial charge in [0.2, 0.25) is 5.88 Å². The fraction of sp³-hybridized carbons (Fsp3) is 0.464. The predicted molar refractivity (Wildman–Crippen MR) is 140 cm³/mol. The third-order valence-corrected chi connectivity index (χ3v) is 6.14. The average molecular weight is 511 g/mol. The Morgan fingerprint density at radius 1 is 1.35 bits per heavy atom. The van der Waals surface area contributed by atoms with E-state index in [4.69, 9.17) is 4.74 Å². The number of benzene rings is 1. The van der Waals surface area contributed by atoms with Crippen molar-refractivity contribution in [2.24, 2.45) is 11.8 Å². The molecule has 1 aromatic heterocycles. The van der Waals surface area contributed by atoms with Crippen molar-refractivity contribution in [1.82, 2.24) is 14.8 Å². The van der Waals surface area contributed by atoms with Crippen molar-refractivity contribution in [1.29, 1.82) is 0 Å². The van der Waals surface area contributed by atoms with E-state index in [0.29, 0.717) is 23.7 Å². The van der Waals surface area contributed by atoms with Crippen LogP contribution in [0.5, 0.6) is 5.88 Å². The van der Waals surface area contributed by atoms with Crippen molar-refractivity contribution < 1.29 is 23.8 Å². The fourth-order valence-corrected chi connectivity index (χ4v) is 3.88. The van der Waals surface area contributed by atoms with Crippen LogP contribution in [0.25, 0.3) is 0 Å². The number of carbonyl (C=O) groups excluding carboxylic acids is 2. The third-order valence-electron chi connectivity index (χ3n) is 6.14. The van der Waals surface area contributed by atoms with Gasteiger partial charge in [-0.2, -0.15) is 0 Å². The second kappa shape index (κ2) is 12.5. The van der Waals surface area contributed by atoms with E-state index in [9.17, 15) is 19.1 Å². The molecule has 2 N–H and O–H groups in total. The highest BCUT2D eigenvalue weighted by Gasteiger charge is 2.34. The van der Waals surface area contributed by atoms with Crippen molar-refractivity contribution in [3.8, 4) is 17.7 Å². The van der Waals surface area contributed by atoms with Gasteiger partial charge in [0.1, 0.15) is 17.5 Å². The van der Waals surface area contributed by atoms with Crippen molar-refractivity contribution in [2.75, 3.05) is 32.1 Å². The van der Waals surface area contributed by atoms with E-state index in [0.717, 1.165) is 6.42 Å². The SMILES string of the molecule is CC(C)CC#Cc1cnc2c(c1)C(=O)N([C@@H](C)CO)C[C@H](C)[C@H](CN(C)C(=O)Nc1cccc(F)c1)O2. The predicted octanol–water partition coefficient (Wildman–Crippen LogP) is 4.00. The number of anilines is 1. The molecule has 0 unspecified atom stereocenters. The molecule has 37 heavy (non-hydrogen) atoms. The monoisotopic (exact) mass is 510 g/mol. The molecule has 2 heterocycles. The summed E-state index contributed by atoms with van der Waals surface area (Å²) in [5, 5.41) is 12.5. The Bertz CT molecular complexity index is 1180. The van der Waals surface area contributed by atoms with Crippen LogP contribution in [-0.4, -0.2) is 70.7 Å². The lowest BCUT2D eigenvalue weighted by atomic mass is 10.00. The van der Waals surface area contributed by atoms with Gasteiger partial charge in [-0.05, 0) is 37.1 Å². The normalized spacial score (nSPS) is 18.1. The van der Waals surface area contributed by atoms with E-state index < -0.39 is 24.0 Å². The number of ether oxygens (including phenoxy) is 1. The molecule has 3 atom stereocenters. The molecule has 3 rings (SSSR count). The van der Waals surface area contributed by atoms with Gasteiger partial charge >= 0.3 is 6.03 Å². The topological polar surface area (TPSA) is 95.0 Å². The number of likely N-dealkylation sites (N-methyl/N-ethyl adjacent to an activating group) is 1. The number of pyridine rings is 1. The quantitative estimate of drug-likeness (QED) is 0.573. The summed E-state index contributed by atoms with van der Waals surface area (Å²) in [5.41, 5.74) is 1.21. The molecule has 0 spiro atoms. The minimum Gasteiger partial charge on any atom is -0.472 e. The van der Waals surface area contributed by atoms with Crippen LogP contribution < -0.4 is 10.1 Å². The van der Waals surface area contributed by atoms with Crippen LogP contribution in [0, 0.1) is 29.5 Å². The summed E-state index contributed by atoms with van der Waals surface area (Å²) < 4.78 is 19.7. The van der Waals surface area contributed by atoms with Gasteiger partial charge in [-0.15, -0.1) is 0 Å². The van der Waals surface area contributed by atoms with Crippen LogP contribution in [0.3, 0.4) is 0 Å². The van der Waals surface area contributed by atoms with Crippen molar-refractivity contribution in [3.05, 3.63) is 53.5 Å². The molecule has 8 nitrogen and oxygen atoms in total. The molecule has 0 saturated heterocycles. The smallest absolute Gasteiger partial charge is 0.321 e. The van der Waals surface area contributed by atoms with Gasteiger partial charge < -0.3 is 25.0 Å². The van der Waals surface area contributed by atoms with Crippen molar-refractivity contribution in [3.63, 3.8) is 0 Å². The lowest BCUT2D eigenvalue weighted by molar-refractivity contribution is 0.0356. The molecule has 198 valence electrons. The molecule has 0 saturated carbocycles. The van der Waals surface area contributed by atoms with Crippen molar-refractivity contribution >= 4 is 17.6 Å². The first-order valence-electron chi connectivity index (χ1n) is 12.4. The number of fused-ring (bicyclic) bond motifs is 1. The number of aliphatic hydroxyl groups is 1. The largest absolute Gasteiger partial charge is 0.472 e. The molecule has 9 heteroatoms. The Balaban J connectivity index is 1.87. The van der Waals surface area contributed by atoms with Crippen LogP contribution in [0.4, 0.5) is 14.9 Å². The molecule has 0 radical (unpaired) electrons. The number of rotatable bonds is 6. The van der Waals surface area contributed by atoms with Gasteiger partial charge in [-0.3, -0.25) is 4.79 Å². The maximum atomic E-state index is 13.5. The molecule has 0 aliphatic carbocycles. The van der Waals surface area contributed by atoms with Gasteiger partial charge in [0.15, 0.2) is 0 Å². The minimum absolute atomic E-state index is 0.157. The first-order chi connectivity index (χ1) is 17.6. The Labute approximate surface area is 217 Å². The summed E-state index contributed by atoms with van der Waals surface area (Å²) in [5.74, 6) is 5.81. The number of nitrogens with zero attached hydrogens (tertiary/aromatic N) is 3. The number of aromatic nitrogens is 1. The van der Waals surface area contributed by atoms with E-state index in [1.54, 1.807) is 37.2 Å². The third kappa shape index (κ3) is 7.43. The number of nitrogens with one attached hydrogen (secondary N) is 1. The van der Waals surface area contributed by atoms with Gasteiger partial charge in [-0.1, -0.05) is 38.7 Å².